The topological polar surface area (TPSA) is 30.8 Å². The van der Waals surface area contributed by atoms with E-state index >= 15 is 0 Å². The van der Waals surface area contributed by atoms with Gasteiger partial charge in [-0.05, 0) is 18.6 Å². The molecule has 3 nitrogen and oxygen atoms in total. The molecule has 3 rings (SSSR count). The summed E-state index contributed by atoms with van der Waals surface area (Å²) in [6.07, 6.45) is 0. The van der Waals surface area contributed by atoms with Crippen LogP contribution in [-0.2, 0) is 5.41 Å². The summed E-state index contributed by atoms with van der Waals surface area (Å²) in [4.78, 5) is 4.56. The molecular weight excluding hydrogens is 190 g/mol. The number of hydrogen-bond acceptors (Lipinski definition) is 3. The third kappa shape index (κ3) is 1.03. The fraction of sp³-hybridized carbons (Fsp3) is 0.417. The number of fused-ring (bicyclic) bond motifs is 2. The van der Waals surface area contributed by atoms with Crippen LogP contribution in [0.3, 0.4) is 0 Å². The monoisotopic (exact) mass is 203 g/mol. The van der Waals surface area contributed by atoms with E-state index < -0.39 is 0 Å². The van der Waals surface area contributed by atoms with Crippen LogP contribution in [0.15, 0.2) is 17.1 Å². The molecule has 15 heavy (non-hydrogen) atoms. The molecule has 0 aromatic heterocycles. The summed E-state index contributed by atoms with van der Waals surface area (Å²) in [6, 6.07) is 4.02. The van der Waals surface area contributed by atoms with Gasteiger partial charge in [0.2, 0.25) is 6.79 Å². The maximum absolute atomic E-state index is 5.38. The molecule has 0 atom stereocenters. The molecule has 0 amide bonds. The van der Waals surface area contributed by atoms with Crippen LogP contribution in [0.2, 0.25) is 0 Å². The third-order valence-electron chi connectivity index (χ3n) is 3.36. The number of hydrogen-bond donors (Lipinski definition) is 0. The van der Waals surface area contributed by atoms with Gasteiger partial charge in [0.05, 0.1) is 5.69 Å². The van der Waals surface area contributed by atoms with Gasteiger partial charge in [0.15, 0.2) is 11.5 Å². The number of rotatable bonds is 0. The molecule has 0 N–H and O–H groups in total. The SMILES string of the molecule is CC1=Nc2cc3c(cc2C1(C)C)OCO3. The largest absolute Gasteiger partial charge is 0.454 e. The zero-order chi connectivity index (χ0) is 10.6. The first-order valence-corrected chi connectivity index (χ1v) is 5.09. The lowest BCUT2D eigenvalue weighted by Crippen LogP contribution is -2.22. The molecule has 0 unspecified atom stereocenters. The fourth-order valence-corrected chi connectivity index (χ4v) is 2.04. The molecule has 0 spiro atoms. The first kappa shape index (κ1) is 8.77. The third-order valence-corrected chi connectivity index (χ3v) is 3.36. The van der Waals surface area contributed by atoms with Crippen LogP contribution in [0.5, 0.6) is 11.5 Å². The molecule has 0 saturated carbocycles. The van der Waals surface area contributed by atoms with E-state index in [1.54, 1.807) is 0 Å². The maximum atomic E-state index is 5.38. The summed E-state index contributed by atoms with van der Waals surface area (Å²) < 4.78 is 10.7. The van der Waals surface area contributed by atoms with E-state index in [1.165, 1.54) is 5.56 Å². The van der Waals surface area contributed by atoms with Gasteiger partial charge in [0.1, 0.15) is 0 Å². The van der Waals surface area contributed by atoms with Crippen LogP contribution in [0.25, 0.3) is 0 Å². The van der Waals surface area contributed by atoms with Gasteiger partial charge in [-0.25, -0.2) is 0 Å². The fourth-order valence-electron chi connectivity index (χ4n) is 2.04. The summed E-state index contributed by atoms with van der Waals surface area (Å²) in [7, 11) is 0. The highest BCUT2D eigenvalue weighted by Gasteiger charge is 2.34. The molecular formula is C12H13NO2. The zero-order valence-corrected chi connectivity index (χ0v) is 9.13. The summed E-state index contributed by atoms with van der Waals surface area (Å²) in [5.41, 5.74) is 3.39. The summed E-state index contributed by atoms with van der Waals surface area (Å²) in [6.45, 7) is 6.74. The quantitative estimate of drug-likeness (QED) is 0.649. The van der Waals surface area contributed by atoms with Crippen LogP contribution >= 0.6 is 0 Å². The maximum Gasteiger partial charge on any atom is 0.231 e. The highest BCUT2D eigenvalue weighted by molar-refractivity contribution is 6.00. The Bertz CT molecular complexity index is 475. The van der Waals surface area contributed by atoms with Crippen molar-refractivity contribution < 1.29 is 9.47 Å². The molecule has 1 aromatic carbocycles. The molecule has 2 aliphatic rings. The minimum Gasteiger partial charge on any atom is -0.454 e. The van der Waals surface area contributed by atoms with Crippen molar-refractivity contribution in [2.24, 2.45) is 4.99 Å². The van der Waals surface area contributed by atoms with E-state index in [-0.39, 0.29) is 5.41 Å². The second-order valence-electron chi connectivity index (χ2n) is 4.54. The lowest BCUT2D eigenvalue weighted by molar-refractivity contribution is 0.174. The minimum absolute atomic E-state index is 0.0102. The van der Waals surface area contributed by atoms with E-state index in [1.807, 2.05) is 6.07 Å². The van der Waals surface area contributed by atoms with Gasteiger partial charge in [-0.3, -0.25) is 4.99 Å². The van der Waals surface area contributed by atoms with Crippen molar-refractivity contribution in [1.29, 1.82) is 0 Å². The molecule has 0 fully saturated rings. The second kappa shape index (κ2) is 2.54. The van der Waals surface area contributed by atoms with Gasteiger partial charge in [-0.1, -0.05) is 13.8 Å². The molecule has 0 aliphatic carbocycles. The summed E-state index contributed by atoms with van der Waals surface area (Å²) in [5, 5.41) is 0. The van der Waals surface area contributed by atoms with Crippen LogP contribution in [-0.4, -0.2) is 12.5 Å². The van der Waals surface area contributed by atoms with Crippen molar-refractivity contribution in [3.05, 3.63) is 17.7 Å². The van der Waals surface area contributed by atoms with Crippen molar-refractivity contribution in [2.75, 3.05) is 6.79 Å². The average molecular weight is 203 g/mol. The van der Waals surface area contributed by atoms with E-state index in [4.69, 9.17) is 9.47 Å². The molecule has 3 heteroatoms. The van der Waals surface area contributed by atoms with Gasteiger partial charge in [0.25, 0.3) is 0 Å². The Kier molecular flexibility index (Phi) is 1.48. The Labute approximate surface area is 88.7 Å². The molecule has 1 aromatic rings. The average Bonchev–Trinajstić information content (AvgIpc) is 2.69. The number of benzene rings is 1. The Balaban J connectivity index is 2.23. The van der Waals surface area contributed by atoms with Crippen LogP contribution in [0.1, 0.15) is 26.3 Å². The molecule has 2 aliphatic heterocycles. The Morgan fingerprint density at radius 3 is 2.60 bits per heavy atom. The van der Waals surface area contributed by atoms with Crippen LogP contribution < -0.4 is 9.47 Å². The van der Waals surface area contributed by atoms with E-state index in [0.717, 1.165) is 22.9 Å². The number of nitrogens with zero attached hydrogens (tertiary/aromatic N) is 1. The Morgan fingerprint density at radius 1 is 1.20 bits per heavy atom. The first-order valence-electron chi connectivity index (χ1n) is 5.09. The van der Waals surface area contributed by atoms with E-state index in [0.29, 0.717) is 6.79 Å². The Hall–Kier alpha value is -1.51. The van der Waals surface area contributed by atoms with Crippen molar-refractivity contribution in [1.82, 2.24) is 0 Å². The van der Waals surface area contributed by atoms with Crippen molar-refractivity contribution in [3.8, 4) is 11.5 Å². The lowest BCUT2D eigenvalue weighted by atomic mass is 9.82. The molecule has 0 radical (unpaired) electrons. The second-order valence-corrected chi connectivity index (χ2v) is 4.54. The molecule has 0 saturated heterocycles. The highest BCUT2D eigenvalue weighted by atomic mass is 16.7. The predicted octanol–water partition coefficient (Wildman–Crippen LogP) is 2.80. The standard InChI is InChI=1S/C12H13NO2/c1-7-12(2,3)8-4-10-11(15-6-14-10)5-9(8)13-7/h4-5H,6H2,1-3H3. The summed E-state index contributed by atoms with van der Waals surface area (Å²) in [5.74, 6) is 1.65. The van der Waals surface area contributed by atoms with Crippen molar-refractivity contribution in [2.45, 2.75) is 26.2 Å². The number of aliphatic imine (C=N–C) groups is 1. The molecule has 2 heterocycles. The normalized spacial score (nSPS) is 20.1. The van der Waals surface area contributed by atoms with Crippen LogP contribution in [0, 0.1) is 0 Å². The smallest absolute Gasteiger partial charge is 0.231 e. The van der Waals surface area contributed by atoms with E-state index in [9.17, 15) is 0 Å². The van der Waals surface area contributed by atoms with Gasteiger partial charge >= 0.3 is 0 Å². The predicted molar refractivity (Wildman–Crippen MR) is 58.4 cm³/mol. The lowest BCUT2D eigenvalue weighted by Gasteiger charge is -2.19. The van der Waals surface area contributed by atoms with E-state index in [2.05, 4.69) is 31.8 Å². The first-order chi connectivity index (χ1) is 7.09. The Morgan fingerprint density at radius 2 is 1.87 bits per heavy atom. The molecule has 0 bridgehead atoms. The number of ether oxygens (including phenoxy) is 2. The van der Waals surface area contributed by atoms with Gasteiger partial charge in [0, 0.05) is 17.2 Å². The van der Waals surface area contributed by atoms with Crippen molar-refractivity contribution in [3.63, 3.8) is 0 Å². The van der Waals surface area contributed by atoms with Gasteiger partial charge in [-0.2, -0.15) is 0 Å². The zero-order valence-electron chi connectivity index (χ0n) is 9.13. The van der Waals surface area contributed by atoms with Gasteiger partial charge < -0.3 is 9.47 Å². The summed E-state index contributed by atoms with van der Waals surface area (Å²) >= 11 is 0. The van der Waals surface area contributed by atoms with Gasteiger partial charge in [-0.15, -0.1) is 0 Å². The van der Waals surface area contributed by atoms with Crippen LogP contribution in [0.4, 0.5) is 5.69 Å². The van der Waals surface area contributed by atoms with Crippen molar-refractivity contribution >= 4 is 11.4 Å². The highest BCUT2D eigenvalue weighted by Crippen LogP contribution is 2.46. The molecule has 78 valence electrons. The minimum atomic E-state index is 0.0102.